The molecule has 20 heavy (non-hydrogen) atoms. The van der Waals surface area contributed by atoms with E-state index in [1.165, 1.54) is 0 Å². The number of nitrogens with zero attached hydrogens (tertiary/aromatic N) is 2. The molecule has 1 saturated heterocycles. The molecule has 0 saturated carbocycles. The molecule has 2 heterocycles. The van der Waals surface area contributed by atoms with Crippen molar-refractivity contribution in [2.24, 2.45) is 0 Å². The van der Waals surface area contributed by atoms with Crippen LogP contribution in [0.25, 0.3) is 0 Å². The van der Waals surface area contributed by atoms with Crippen molar-refractivity contribution in [3.8, 4) is 0 Å². The SMILES string of the molecule is CC(=O)N1CCN(c2cc3c(cc2N)CC(=O)N3)CC1. The fourth-order valence-electron chi connectivity index (χ4n) is 2.82. The van der Waals surface area contributed by atoms with Gasteiger partial charge in [-0.3, -0.25) is 9.59 Å². The number of benzene rings is 1. The smallest absolute Gasteiger partial charge is 0.228 e. The molecule has 2 amide bonds. The number of carbonyl (C=O) groups excluding carboxylic acids is 2. The van der Waals surface area contributed by atoms with Crippen molar-refractivity contribution in [1.82, 2.24) is 4.90 Å². The molecule has 0 radical (unpaired) electrons. The van der Waals surface area contributed by atoms with E-state index in [1.54, 1.807) is 6.92 Å². The Kier molecular flexibility index (Phi) is 3.00. The van der Waals surface area contributed by atoms with Crippen molar-refractivity contribution >= 4 is 28.9 Å². The Morgan fingerprint density at radius 3 is 2.60 bits per heavy atom. The van der Waals surface area contributed by atoms with Gasteiger partial charge in [-0.15, -0.1) is 0 Å². The van der Waals surface area contributed by atoms with Gasteiger partial charge in [-0.05, 0) is 17.7 Å². The summed E-state index contributed by atoms with van der Waals surface area (Å²) in [6.07, 6.45) is 0.401. The third-order valence-corrected chi connectivity index (χ3v) is 3.94. The Balaban J connectivity index is 1.80. The number of amides is 2. The zero-order chi connectivity index (χ0) is 14.3. The van der Waals surface area contributed by atoms with Crippen LogP contribution in [0.15, 0.2) is 12.1 Å². The molecule has 1 fully saturated rings. The third-order valence-electron chi connectivity index (χ3n) is 3.94. The van der Waals surface area contributed by atoms with Crippen LogP contribution in [0.4, 0.5) is 17.1 Å². The monoisotopic (exact) mass is 274 g/mol. The van der Waals surface area contributed by atoms with E-state index in [1.807, 2.05) is 17.0 Å². The minimum Gasteiger partial charge on any atom is -0.397 e. The zero-order valence-corrected chi connectivity index (χ0v) is 11.5. The molecule has 0 bridgehead atoms. The second-order valence-corrected chi connectivity index (χ2v) is 5.29. The largest absolute Gasteiger partial charge is 0.397 e. The number of anilines is 3. The van der Waals surface area contributed by atoms with E-state index in [4.69, 9.17) is 5.73 Å². The fraction of sp³-hybridized carbons (Fsp3) is 0.429. The normalized spacial score (nSPS) is 17.9. The van der Waals surface area contributed by atoms with Crippen molar-refractivity contribution in [3.63, 3.8) is 0 Å². The molecule has 0 atom stereocenters. The Morgan fingerprint density at radius 2 is 1.95 bits per heavy atom. The number of hydrogen-bond donors (Lipinski definition) is 2. The Morgan fingerprint density at radius 1 is 1.25 bits per heavy atom. The first-order valence-electron chi connectivity index (χ1n) is 6.77. The molecule has 0 unspecified atom stereocenters. The van der Waals surface area contributed by atoms with Gasteiger partial charge in [0, 0.05) is 38.8 Å². The topological polar surface area (TPSA) is 78.7 Å². The zero-order valence-electron chi connectivity index (χ0n) is 11.5. The van der Waals surface area contributed by atoms with Gasteiger partial charge in [-0.25, -0.2) is 0 Å². The van der Waals surface area contributed by atoms with Gasteiger partial charge in [0.05, 0.1) is 17.8 Å². The number of rotatable bonds is 1. The maximum atomic E-state index is 11.4. The lowest BCUT2D eigenvalue weighted by atomic mass is 10.1. The summed E-state index contributed by atoms with van der Waals surface area (Å²) in [7, 11) is 0. The average Bonchev–Trinajstić information content (AvgIpc) is 2.77. The minimum absolute atomic E-state index is 0.0120. The van der Waals surface area contributed by atoms with E-state index in [0.29, 0.717) is 25.2 Å². The molecule has 6 nitrogen and oxygen atoms in total. The van der Waals surface area contributed by atoms with E-state index in [2.05, 4.69) is 10.2 Å². The van der Waals surface area contributed by atoms with Crippen LogP contribution in [0, 0.1) is 0 Å². The summed E-state index contributed by atoms with van der Waals surface area (Å²) in [6, 6.07) is 3.82. The Labute approximate surface area is 117 Å². The van der Waals surface area contributed by atoms with Crippen molar-refractivity contribution in [2.75, 3.05) is 42.1 Å². The second kappa shape index (κ2) is 4.70. The van der Waals surface area contributed by atoms with Crippen LogP contribution in [-0.2, 0) is 16.0 Å². The van der Waals surface area contributed by atoms with Crippen molar-refractivity contribution in [1.29, 1.82) is 0 Å². The van der Waals surface area contributed by atoms with Gasteiger partial charge < -0.3 is 20.9 Å². The summed E-state index contributed by atoms with van der Waals surface area (Å²) >= 11 is 0. The number of piperazine rings is 1. The highest BCUT2D eigenvalue weighted by atomic mass is 16.2. The van der Waals surface area contributed by atoms with Gasteiger partial charge in [-0.1, -0.05) is 0 Å². The number of nitrogens with two attached hydrogens (primary N) is 1. The standard InChI is InChI=1S/C14H18N4O2/c1-9(19)17-2-4-18(5-3-17)13-8-12-10(6-11(13)15)7-14(20)16-12/h6,8H,2-5,7,15H2,1H3,(H,16,20). The van der Waals surface area contributed by atoms with Gasteiger partial charge in [0.1, 0.15) is 0 Å². The van der Waals surface area contributed by atoms with Crippen LogP contribution in [-0.4, -0.2) is 42.9 Å². The Hall–Kier alpha value is -2.24. The number of hydrogen-bond acceptors (Lipinski definition) is 4. The molecule has 1 aromatic carbocycles. The number of nitrogens with one attached hydrogen (secondary N) is 1. The van der Waals surface area contributed by atoms with Gasteiger partial charge >= 0.3 is 0 Å². The number of carbonyl (C=O) groups is 2. The molecule has 0 aliphatic carbocycles. The molecule has 106 valence electrons. The molecule has 2 aliphatic rings. The van der Waals surface area contributed by atoms with Crippen molar-refractivity contribution in [3.05, 3.63) is 17.7 Å². The lowest BCUT2D eigenvalue weighted by molar-refractivity contribution is -0.129. The molecule has 0 aromatic heterocycles. The quantitative estimate of drug-likeness (QED) is 0.728. The fourth-order valence-corrected chi connectivity index (χ4v) is 2.82. The van der Waals surface area contributed by atoms with Crippen LogP contribution < -0.4 is 16.0 Å². The van der Waals surface area contributed by atoms with Crippen molar-refractivity contribution < 1.29 is 9.59 Å². The van der Waals surface area contributed by atoms with Crippen LogP contribution in [0.3, 0.4) is 0 Å². The lowest BCUT2D eigenvalue weighted by Crippen LogP contribution is -2.48. The summed E-state index contributed by atoms with van der Waals surface area (Å²) in [4.78, 5) is 26.7. The van der Waals surface area contributed by atoms with Crippen molar-refractivity contribution in [2.45, 2.75) is 13.3 Å². The number of fused-ring (bicyclic) bond motifs is 1. The molecule has 3 N–H and O–H groups in total. The van der Waals surface area contributed by atoms with Crippen LogP contribution in [0.5, 0.6) is 0 Å². The maximum Gasteiger partial charge on any atom is 0.228 e. The van der Waals surface area contributed by atoms with Gasteiger partial charge in [0.25, 0.3) is 0 Å². The predicted octanol–water partition coefficient (Wildman–Crippen LogP) is 0.432. The summed E-state index contributed by atoms with van der Waals surface area (Å²) in [5.74, 6) is 0.122. The number of nitrogen functional groups attached to an aromatic ring is 1. The molecule has 3 rings (SSSR count). The molecule has 6 heteroatoms. The van der Waals surface area contributed by atoms with E-state index in [9.17, 15) is 9.59 Å². The summed E-state index contributed by atoms with van der Waals surface area (Å²) in [5, 5.41) is 2.85. The average molecular weight is 274 g/mol. The summed E-state index contributed by atoms with van der Waals surface area (Å²) < 4.78 is 0. The molecule has 0 spiro atoms. The highest BCUT2D eigenvalue weighted by Gasteiger charge is 2.24. The maximum absolute atomic E-state index is 11.4. The summed E-state index contributed by atoms with van der Waals surface area (Å²) in [6.45, 7) is 4.53. The summed E-state index contributed by atoms with van der Waals surface area (Å²) in [5.41, 5.74) is 9.55. The first-order valence-corrected chi connectivity index (χ1v) is 6.77. The first-order chi connectivity index (χ1) is 9.54. The first kappa shape index (κ1) is 12.8. The minimum atomic E-state index is 0.0120. The van der Waals surface area contributed by atoms with Crippen LogP contribution >= 0.6 is 0 Å². The van der Waals surface area contributed by atoms with E-state index >= 15 is 0 Å². The highest BCUT2D eigenvalue weighted by Crippen LogP contribution is 2.34. The predicted molar refractivity (Wildman–Crippen MR) is 77.7 cm³/mol. The molecule has 2 aliphatic heterocycles. The Bertz CT molecular complexity index is 577. The molecular weight excluding hydrogens is 256 g/mol. The third kappa shape index (κ3) is 2.17. The van der Waals surface area contributed by atoms with E-state index in [0.717, 1.165) is 30.0 Å². The van der Waals surface area contributed by atoms with E-state index < -0.39 is 0 Å². The highest BCUT2D eigenvalue weighted by molar-refractivity contribution is 6.01. The second-order valence-electron chi connectivity index (χ2n) is 5.29. The van der Waals surface area contributed by atoms with Gasteiger partial charge in [-0.2, -0.15) is 0 Å². The van der Waals surface area contributed by atoms with E-state index in [-0.39, 0.29) is 11.8 Å². The molecule has 1 aromatic rings. The van der Waals surface area contributed by atoms with Crippen LogP contribution in [0.1, 0.15) is 12.5 Å². The molecular formula is C14H18N4O2. The van der Waals surface area contributed by atoms with Gasteiger partial charge in [0.2, 0.25) is 11.8 Å². The van der Waals surface area contributed by atoms with Crippen LogP contribution in [0.2, 0.25) is 0 Å². The lowest BCUT2D eigenvalue weighted by Gasteiger charge is -2.36. The van der Waals surface area contributed by atoms with Gasteiger partial charge in [0.15, 0.2) is 0 Å².